The van der Waals surface area contributed by atoms with E-state index in [1.165, 1.54) is 54.3 Å². The lowest BCUT2D eigenvalue weighted by molar-refractivity contribution is -0.0505. The van der Waals surface area contributed by atoms with Gasteiger partial charge in [0, 0.05) is 11.1 Å². The number of hydrogen-bond donors (Lipinski definition) is 0. The van der Waals surface area contributed by atoms with Gasteiger partial charge in [-0.1, -0.05) is 35.9 Å². The Hall–Kier alpha value is -3.99. The molecule has 0 amide bonds. The molecule has 0 aliphatic rings. The van der Waals surface area contributed by atoms with Gasteiger partial charge in [-0.15, -0.1) is 0 Å². The van der Waals surface area contributed by atoms with Gasteiger partial charge in [0.2, 0.25) is 5.76 Å². The lowest BCUT2D eigenvalue weighted by Gasteiger charge is -2.09. The first-order chi connectivity index (χ1) is 17.2. The highest BCUT2D eigenvalue weighted by molar-refractivity contribution is 6.35. The Kier molecular flexibility index (Phi) is 7.49. The molecule has 0 N–H and O–H groups in total. The van der Waals surface area contributed by atoms with Crippen molar-refractivity contribution in [1.82, 2.24) is 9.78 Å². The number of ether oxygens (including phenoxy) is 3. The van der Waals surface area contributed by atoms with Crippen molar-refractivity contribution >= 4 is 17.6 Å². The fourth-order valence-electron chi connectivity index (χ4n) is 3.47. The van der Waals surface area contributed by atoms with E-state index in [4.69, 9.17) is 16.0 Å². The van der Waals surface area contributed by atoms with Crippen LogP contribution in [0.25, 0.3) is 22.5 Å². The molecule has 12 heteroatoms. The summed E-state index contributed by atoms with van der Waals surface area (Å²) in [5.41, 5.74) is 1.28. The average Bonchev–Trinajstić information content (AvgIpc) is 3.42. The third-order valence-corrected chi connectivity index (χ3v) is 5.27. The summed E-state index contributed by atoms with van der Waals surface area (Å²) in [6.07, 6.45) is 0. The van der Waals surface area contributed by atoms with E-state index in [2.05, 4.69) is 19.3 Å². The number of nitrogens with zero attached hydrogens (tertiary/aromatic N) is 2. The topological polar surface area (TPSA) is 75.7 Å². The Labute approximate surface area is 206 Å². The molecule has 0 atom stereocenters. The van der Waals surface area contributed by atoms with Crippen LogP contribution in [0.5, 0.6) is 11.5 Å². The summed E-state index contributed by atoms with van der Waals surface area (Å²) in [6, 6.07) is 14.6. The van der Waals surface area contributed by atoms with E-state index in [9.17, 15) is 22.4 Å². The number of benzene rings is 2. The summed E-state index contributed by atoms with van der Waals surface area (Å²) >= 11 is 6.69. The zero-order valence-electron chi connectivity index (χ0n) is 18.5. The van der Waals surface area contributed by atoms with E-state index in [0.717, 1.165) is 0 Å². The van der Waals surface area contributed by atoms with Crippen molar-refractivity contribution in [3.63, 3.8) is 0 Å². The SMILES string of the molecule is COC(=O)c1ccc(Cn2nc(-c3cccc(OC(F)F)c3)c(Cl)c2-c2cccc(OC(F)F)c2)o1. The smallest absolute Gasteiger partial charge is 0.387 e. The van der Waals surface area contributed by atoms with Gasteiger partial charge in [-0.25, -0.2) is 4.79 Å². The van der Waals surface area contributed by atoms with E-state index < -0.39 is 19.2 Å². The van der Waals surface area contributed by atoms with Crippen molar-refractivity contribution in [3.8, 4) is 34.0 Å². The zero-order valence-corrected chi connectivity index (χ0v) is 19.2. The Balaban J connectivity index is 1.80. The molecule has 2 aromatic carbocycles. The van der Waals surface area contributed by atoms with E-state index in [1.54, 1.807) is 18.2 Å². The van der Waals surface area contributed by atoms with E-state index in [1.807, 2.05) is 0 Å². The maximum absolute atomic E-state index is 12.8. The maximum atomic E-state index is 12.8. The number of carbonyl (C=O) groups excluding carboxylic acids is 1. The number of carbonyl (C=O) groups is 1. The second-order valence-corrected chi connectivity index (χ2v) is 7.62. The van der Waals surface area contributed by atoms with E-state index in [-0.39, 0.29) is 34.5 Å². The van der Waals surface area contributed by atoms with Gasteiger partial charge in [-0.05, 0) is 36.4 Å². The molecule has 4 aromatic rings. The zero-order chi connectivity index (χ0) is 25.8. The van der Waals surface area contributed by atoms with Crippen molar-refractivity contribution in [2.24, 2.45) is 0 Å². The lowest BCUT2D eigenvalue weighted by Crippen LogP contribution is -2.05. The summed E-state index contributed by atoms with van der Waals surface area (Å²) in [6.45, 7) is -6.07. The van der Waals surface area contributed by atoms with Crippen LogP contribution < -0.4 is 9.47 Å². The molecule has 0 bridgehead atoms. The van der Waals surface area contributed by atoms with Gasteiger partial charge >= 0.3 is 19.2 Å². The second kappa shape index (κ2) is 10.7. The molecule has 36 heavy (non-hydrogen) atoms. The number of aromatic nitrogens is 2. The monoisotopic (exact) mass is 524 g/mol. The van der Waals surface area contributed by atoms with Crippen LogP contribution in [0.15, 0.2) is 65.1 Å². The molecule has 0 aliphatic heterocycles. The van der Waals surface area contributed by atoms with Crippen LogP contribution in [-0.4, -0.2) is 36.1 Å². The summed E-state index contributed by atoms with van der Waals surface area (Å²) in [7, 11) is 1.21. The highest BCUT2D eigenvalue weighted by atomic mass is 35.5. The van der Waals surface area contributed by atoms with E-state index >= 15 is 0 Å². The van der Waals surface area contributed by atoms with Crippen LogP contribution in [0.3, 0.4) is 0 Å². The molecule has 0 unspecified atom stereocenters. The number of halogens is 5. The van der Waals surface area contributed by atoms with Gasteiger partial charge in [-0.3, -0.25) is 4.68 Å². The number of esters is 1. The number of rotatable bonds is 9. The van der Waals surface area contributed by atoms with Gasteiger partial charge in [-0.2, -0.15) is 22.7 Å². The number of furan rings is 1. The van der Waals surface area contributed by atoms with Crippen molar-refractivity contribution in [2.45, 2.75) is 19.8 Å². The van der Waals surface area contributed by atoms with Crippen LogP contribution in [0.2, 0.25) is 5.02 Å². The molecule has 0 aliphatic carbocycles. The minimum absolute atomic E-state index is 0.0147. The number of methoxy groups -OCH3 is 1. The molecular weight excluding hydrogens is 508 g/mol. The van der Waals surface area contributed by atoms with Crippen LogP contribution in [-0.2, 0) is 11.3 Å². The normalized spacial score (nSPS) is 11.2. The summed E-state index contributed by atoms with van der Waals surface area (Å²) in [5, 5.41) is 4.62. The molecule has 7 nitrogen and oxygen atoms in total. The average molecular weight is 525 g/mol. The molecular formula is C24H17ClF4N2O5. The predicted octanol–water partition coefficient (Wildman–Crippen LogP) is 6.50. The quantitative estimate of drug-likeness (QED) is 0.184. The van der Waals surface area contributed by atoms with Crippen molar-refractivity contribution in [3.05, 3.63) is 77.2 Å². The van der Waals surface area contributed by atoms with Crippen LogP contribution in [0, 0.1) is 0 Å². The van der Waals surface area contributed by atoms with Gasteiger partial charge < -0.3 is 18.6 Å². The maximum Gasteiger partial charge on any atom is 0.387 e. The summed E-state index contributed by atoms with van der Waals surface area (Å²) in [5.74, 6) is -0.593. The molecule has 4 rings (SSSR count). The highest BCUT2D eigenvalue weighted by Crippen LogP contribution is 2.39. The first-order valence-corrected chi connectivity index (χ1v) is 10.7. The van der Waals surface area contributed by atoms with E-state index in [0.29, 0.717) is 22.6 Å². The van der Waals surface area contributed by atoms with Gasteiger partial charge in [0.1, 0.15) is 23.0 Å². The fourth-order valence-corrected chi connectivity index (χ4v) is 3.83. The summed E-state index contributed by atoms with van der Waals surface area (Å²) in [4.78, 5) is 11.7. The van der Waals surface area contributed by atoms with Crippen molar-refractivity contribution < 1.29 is 41.0 Å². The predicted molar refractivity (Wildman–Crippen MR) is 121 cm³/mol. The molecule has 2 heterocycles. The Morgan fingerprint density at radius 3 is 2.19 bits per heavy atom. The first-order valence-electron chi connectivity index (χ1n) is 10.3. The Morgan fingerprint density at radius 2 is 1.58 bits per heavy atom. The lowest BCUT2D eigenvalue weighted by atomic mass is 10.1. The second-order valence-electron chi connectivity index (χ2n) is 7.24. The minimum Gasteiger partial charge on any atom is -0.463 e. The third-order valence-electron chi connectivity index (χ3n) is 4.91. The Morgan fingerprint density at radius 1 is 0.972 bits per heavy atom. The first kappa shape index (κ1) is 25.1. The van der Waals surface area contributed by atoms with Crippen LogP contribution in [0.4, 0.5) is 17.6 Å². The number of hydrogen-bond acceptors (Lipinski definition) is 6. The van der Waals surface area contributed by atoms with Gasteiger partial charge in [0.15, 0.2) is 0 Å². The molecule has 188 valence electrons. The molecule has 0 saturated heterocycles. The molecule has 0 spiro atoms. The molecule has 2 aromatic heterocycles. The molecule has 0 saturated carbocycles. The third kappa shape index (κ3) is 5.62. The van der Waals surface area contributed by atoms with Crippen LogP contribution >= 0.6 is 11.6 Å². The molecule has 0 radical (unpaired) electrons. The largest absolute Gasteiger partial charge is 0.463 e. The summed E-state index contributed by atoms with van der Waals surface area (Å²) < 4.78 is 71.5. The molecule has 0 fully saturated rings. The van der Waals surface area contributed by atoms with Crippen molar-refractivity contribution in [2.75, 3.05) is 7.11 Å². The van der Waals surface area contributed by atoms with Crippen molar-refractivity contribution in [1.29, 1.82) is 0 Å². The van der Waals surface area contributed by atoms with Gasteiger partial charge in [0.05, 0.1) is 24.4 Å². The highest BCUT2D eigenvalue weighted by Gasteiger charge is 2.22. The Bertz CT molecular complexity index is 1370. The number of alkyl halides is 4. The fraction of sp³-hybridized carbons (Fsp3) is 0.167. The minimum atomic E-state index is -3.03. The van der Waals surface area contributed by atoms with Crippen LogP contribution in [0.1, 0.15) is 16.3 Å². The van der Waals surface area contributed by atoms with Gasteiger partial charge in [0.25, 0.3) is 0 Å². The standard InChI is InChI=1S/C24H17ClF4N2O5/c1-33-22(32)18-9-8-17(34-18)12-31-21(14-5-3-7-16(11-14)36-24(28)29)19(25)20(30-31)13-4-2-6-15(10-13)35-23(26)27/h2-11,23-24H,12H2,1H3.